The Balaban J connectivity index is 3.39. The minimum absolute atomic E-state index is 0.0939. The van der Waals surface area contributed by atoms with E-state index >= 15 is 0 Å². The molecule has 15 heavy (non-hydrogen) atoms. The summed E-state index contributed by atoms with van der Waals surface area (Å²) in [5.41, 5.74) is -1.01. The van der Waals surface area contributed by atoms with Gasteiger partial charge in [-0.25, -0.2) is 18.6 Å². The zero-order valence-corrected chi connectivity index (χ0v) is 8.69. The molecule has 0 atom stereocenters. The number of pyridine rings is 1. The molecule has 82 valence electrons. The maximum atomic E-state index is 12.4. The molecular formula is C8H5Cl2F2NO2. The Kier molecular flexibility index (Phi) is 3.82. The number of rotatable bonds is 3. The Morgan fingerprint density at radius 2 is 2.20 bits per heavy atom. The van der Waals surface area contributed by atoms with Crippen LogP contribution in [-0.4, -0.2) is 16.1 Å². The first-order valence-electron chi connectivity index (χ1n) is 3.73. The summed E-state index contributed by atoms with van der Waals surface area (Å²) in [4.78, 5) is 14.0. The molecule has 7 heteroatoms. The van der Waals surface area contributed by atoms with Crippen molar-refractivity contribution in [2.24, 2.45) is 0 Å². The second-order valence-electron chi connectivity index (χ2n) is 2.59. The van der Waals surface area contributed by atoms with Crippen LogP contribution in [0.5, 0.6) is 0 Å². The van der Waals surface area contributed by atoms with Crippen LogP contribution in [0.1, 0.15) is 28.0 Å². The number of halogens is 4. The Labute approximate surface area is 93.6 Å². The van der Waals surface area contributed by atoms with Gasteiger partial charge in [-0.3, -0.25) is 0 Å². The van der Waals surface area contributed by atoms with Gasteiger partial charge in [0.2, 0.25) is 0 Å². The average molecular weight is 256 g/mol. The van der Waals surface area contributed by atoms with E-state index in [1.165, 1.54) is 0 Å². The van der Waals surface area contributed by atoms with E-state index in [-0.39, 0.29) is 16.5 Å². The first kappa shape index (κ1) is 12.1. The van der Waals surface area contributed by atoms with Crippen LogP contribution in [0.4, 0.5) is 8.78 Å². The highest BCUT2D eigenvalue weighted by Gasteiger charge is 2.21. The van der Waals surface area contributed by atoms with Crippen molar-refractivity contribution in [3.8, 4) is 0 Å². The summed E-state index contributed by atoms with van der Waals surface area (Å²) in [5.74, 6) is -1.64. The van der Waals surface area contributed by atoms with Crippen molar-refractivity contribution in [2.75, 3.05) is 0 Å². The first-order chi connectivity index (χ1) is 6.99. The fourth-order valence-electron chi connectivity index (χ4n) is 1.01. The number of hydrogen-bond acceptors (Lipinski definition) is 2. The fourth-order valence-corrected chi connectivity index (χ4v) is 1.62. The fraction of sp³-hybridized carbons (Fsp3) is 0.250. The van der Waals surface area contributed by atoms with Crippen molar-refractivity contribution in [3.63, 3.8) is 0 Å². The van der Waals surface area contributed by atoms with E-state index in [0.29, 0.717) is 0 Å². The van der Waals surface area contributed by atoms with Crippen LogP contribution in [0, 0.1) is 0 Å². The summed E-state index contributed by atoms with van der Waals surface area (Å²) < 4.78 is 24.7. The third-order valence-electron chi connectivity index (χ3n) is 1.71. The molecular weight excluding hydrogens is 251 g/mol. The molecule has 1 aromatic heterocycles. The van der Waals surface area contributed by atoms with Gasteiger partial charge >= 0.3 is 5.97 Å². The number of hydrogen-bond donors (Lipinski definition) is 1. The molecule has 1 heterocycles. The lowest BCUT2D eigenvalue weighted by molar-refractivity contribution is 0.0688. The molecule has 0 aromatic carbocycles. The molecule has 0 amide bonds. The second kappa shape index (κ2) is 4.72. The second-order valence-corrected chi connectivity index (χ2v) is 3.24. The molecule has 0 bridgehead atoms. The number of aromatic nitrogens is 1. The van der Waals surface area contributed by atoms with E-state index in [1.54, 1.807) is 0 Å². The molecule has 3 nitrogen and oxygen atoms in total. The van der Waals surface area contributed by atoms with Crippen molar-refractivity contribution < 1.29 is 18.7 Å². The van der Waals surface area contributed by atoms with Gasteiger partial charge in [-0.1, -0.05) is 11.6 Å². The number of alkyl halides is 3. The van der Waals surface area contributed by atoms with Crippen LogP contribution in [-0.2, 0) is 5.88 Å². The van der Waals surface area contributed by atoms with Crippen LogP contribution >= 0.6 is 23.2 Å². The number of carbonyl (C=O) groups is 1. The molecule has 1 N–H and O–H groups in total. The minimum Gasteiger partial charge on any atom is -0.477 e. The Hall–Kier alpha value is -0.940. The predicted octanol–water partition coefficient (Wildman–Crippen LogP) is 3.11. The SMILES string of the molecule is O=C(O)c1ncc(C(F)F)c(Cl)c1CCl. The molecule has 0 unspecified atom stereocenters. The maximum absolute atomic E-state index is 12.4. The topological polar surface area (TPSA) is 50.2 Å². The molecule has 1 rings (SSSR count). The summed E-state index contributed by atoms with van der Waals surface area (Å²) in [7, 11) is 0. The normalized spacial score (nSPS) is 10.7. The van der Waals surface area contributed by atoms with Crippen molar-refractivity contribution in [3.05, 3.63) is 28.0 Å². The van der Waals surface area contributed by atoms with Gasteiger partial charge in [-0.2, -0.15) is 0 Å². The van der Waals surface area contributed by atoms with Crippen molar-refractivity contribution in [1.82, 2.24) is 4.98 Å². The van der Waals surface area contributed by atoms with Gasteiger partial charge in [0.1, 0.15) is 0 Å². The van der Waals surface area contributed by atoms with Crippen LogP contribution in [0.3, 0.4) is 0 Å². The molecule has 0 fully saturated rings. The summed E-state index contributed by atoms with van der Waals surface area (Å²) >= 11 is 11.0. The van der Waals surface area contributed by atoms with E-state index in [4.69, 9.17) is 28.3 Å². The Morgan fingerprint density at radius 1 is 1.60 bits per heavy atom. The van der Waals surface area contributed by atoms with Gasteiger partial charge in [-0.05, 0) is 0 Å². The number of aromatic carboxylic acids is 1. The van der Waals surface area contributed by atoms with Crippen molar-refractivity contribution >= 4 is 29.2 Å². The molecule has 0 saturated carbocycles. The third kappa shape index (κ3) is 2.35. The Morgan fingerprint density at radius 3 is 2.60 bits per heavy atom. The van der Waals surface area contributed by atoms with Crippen LogP contribution in [0.15, 0.2) is 6.20 Å². The van der Waals surface area contributed by atoms with Crippen molar-refractivity contribution in [1.29, 1.82) is 0 Å². The van der Waals surface area contributed by atoms with Gasteiger partial charge in [0.25, 0.3) is 6.43 Å². The van der Waals surface area contributed by atoms with Gasteiger partial charge < -0.3 is 5.11 Å². The van der Waals surface area contributed by atoms with E-state index in [9.17, 15) is 13.6 Å². The highest BCUT2D eigenvalue weighted by atomic mass is 35.5. The highest BCUT2D eigenvalue weighted by molar-refractivity contribution is 6.33. The smallest absolute Gasteiger partial charge is 0.354 e. The first-order valence-corrected chi connectivity index (χ1v) is 4.65. The van der Waals surface area contributed by atoms with Crippen molar-refractivity contribution in [2.45, 2.75) is 12.3 Å². The van der Waals surface area contributed by atoms with Crippen LogP contribution in [0.25, 0.3) is 0 Å². The largest absolute Gasteiger partial charge is 0.477 e. The zero-order chi connectivity index (χ0) is 11.6. The number of carboxylic acids is 1. The third-order valence-corrected chi connectivity index (χ3v) is 2.42. The lowest BCUT2D eigenvalue weighted by Gasteiger charge is -2.08. The summed E-state index contributed by atoms with van der Waals surface area (Å²) in [6.45, 7) is 0. The monoisotopic (exact) mass is 255 g/mol. The molecule has 0 aliphatic carbocycles. The summed E-state index contributed by atoms with van der Waals surface area (Å²) in [6, 6.07) is 0. The van der Waals surface area contributed by atoms with Gasteiger partial charge in [0.05, 0.1) is 16.5 Å². The van der Waals surface area contributed by atoms with Gasteiger partial charge in [0.15, 0.2) is 5.69 Å². The lowest BCUT2D eigenvalue weighted by atomic mass is 10.1. The Bertz CT molecular complexity index is 398. The quantitative estimate of drug-likeness (QED) is 0.845. The number of carboxylic acid groups (broad SMARTS) is 1. The lowest BCUT2D eigenvalue weighted by Crippen LogP contribution is -2.07. The molecule has 0 saturated heterocycles. The highest BCUT2D eigenvalue weighted by Crippen LogP contribution is 2.31. The van der Waals surface area contributed by atoms with Gasteiger partial charge in [-0.15, -0.1) is 11.6 Å². The van der Waals surface area contributed by atoms with E-state index in [2.05, 4.69) is 4.98 Å². The molecule has 0 aliphatic heterocycles. The summed E-state index contributed by atoms with van der Waals surface area (Å²) in [6.07, 6.45) is -2.07. The van der Waals surface area contributed by atoms with E-state index in [0.717, 1.165) is 6.20 Å². The van der Waals surface area contributed by atoms with Gasteiger partial charge in [0, 0.05) is 11.8 Å². The minimum atomic E-state index is -2.81. The average Bonchev–Trinajstić information content (AvgIpc) is 2.16. The maximum Gasteiger partial charge on any atom is 0.354 e. The zero-order valence-electron chi connectivity index (χ0n) is 7.18. The predicted molar refractivity (Wildman–Crippen MR) is 50.7 cm³/mol. The van der Waals surface area contributed by atoms with Crippen LogP contribution < -0.4 is 0 Å². The van der Waals surface area contributed by atoms with E-state index in [1.807, 2.05) is 0 Å². The molecule has 0 aliphatic rings. The number of nitrogens with zero attached hydrogens (tertiary/aromatic N) is 1. The molecule has 0 spiro atoms. The molecule has 0 radical (unpaired) electrons. The van der Waals surface area contributed by atoms with E-state index < -0.39 is 23.7 Å². The molecule has 1 aromatic rings. The van der Waals surface area contributed by atoms with Crippen LogP contribution in [0.2, 0.25) is 5.02 Å². The summed E-state index contributed by atoms with van der Waals surface area (Å²) in [5, 5.41) is 8.34. The standard InChI is InChI=1S/C8H5Cl2F2NO2/c9-1-3-5(10)4(7(11)12)2-13-6(3)8(14)15/h2,7H,1H2,(H,14,15).